The van der Waals surface area contributed by atoms with E-state index < -0.39 is 46.0 Å². The van der Waals surface area contributed by atoms with Gasteiger partial charge in [-0.2, -0.15) is 5.26 Å². The molecule has 108 valence electrons. The van der Waals surface area contributed by atoms with E-state index in [1.54, 1.807) is 6.07 Å². The molecule has 0 atom stereocenters. The quantitative estimate of drug-likeness (QED) is 0.462. The van der Waals surface area contributed by atoms with Gasteiger partial charge in [-0.05, 0) is 11.6 Å². The van der Waals surface area contributed by atoms with Gasteiger partial charge in [0, 0.05) is 5.56 Å². The van der Waals surface area contributed by atoms with Crippen LogP contribution in [0.2, 0.25) is 0 Å². The standard InChI is InChI=1S/C14H5F6N/c15-8-5-7(2-1-6(8)3-4-21)9-10(16)12(18)14(20)13(19)11(9)17/h1-2,5H,3H2. The van der Waals surface area contributed by atoms with E-state index in [0.29, 0.717) is 6.07 Å². The van der Waals surface area contributed by atoms with Crippen LogP contribution in [0.1, 0.15) is 5.56 Å². The Kier molecular flexibility index (Phi) is 3.89. The van der Waals surface area contributed by atoms with Crippen molar-refractivity contribution in [3.05, 3.63) is 58.7 Å². The van der Waals surface area contributed by atoms with Gasteiger partial charge in [0.25, 0.3) is 0 Å². The lowest BCUT2D eigenvalue weighted by Crippen LogP contribution is -2.04. The maximum Gasteiger partial charge on any atom is 0.200 e. The van der Waals surface area contributed by atoms with Crippen LogP contribution in [0.3, 0.4) is 0 Å². The van der Waals surface area contributed by atoms with Gasteiger partial charge in [0.05, 0.1) is 18.1 Å². The summed E-state index contributed by atoms with van der Waals surface area (Å²) in [7, 11) is 0. The third-order valence-electron chi connectivity index (χ3n) is 2.82. The molecule has 0 spiro atoms. The number of nitriles is 1. The fraction of sp³-hybridized carbons (Fsp3) is 0.0714. The van der Waals surface area contributed by atoms with Crippen LogP contribution in [0.5, 0.6) is 0 Å². The van der Waals surface area contributed by atoms with Gasteiger partial charge in [-0.15, -0.1) is 0 Å². The van der Waals surface area contributed by atoms with E-state index in [9.17, 15) is 26.3 Å². The lowest BCUT2D eigenvalue weighted by molar-refractivity contribution is 0.381. The van der Waals surface area contributed by atoms with Crippen LogP contribution in [-0.2, 0) is 6.42 Å². The van der Waals surface area contributed by atoms with E-state index in [4.69, 9.17) is 5.26 Å². The Labute approximate surface area is 115 Å². The molecule has 0 heterocycles. The van der Waals surface area contributed by atoms with Gasteiger partial charge >= 0.3 is 0 Å². The lowest BCUT2D eigenvalue weighted by Gasteiger charge is -2.09. The molecule has 0 aliphatic rings. The number of hydrogen-bond donors (Lipinski definition) is 0. The monoisotopic (exact) mass is 301 g/mol. The molecular weight excluding hydrogens is 296 g/mol. The molecule has 0 unspecified atom stereocenters. The molecule has 1 nitrogen and oxygen atoms in total. The molecule has 0 aliphatic carbocycles. The minimum atomic E-state index is -2.28. The Morgan fingerprint density at radius 2 is 1.33 bits per heavy atom. The molecule has 0 amide bonds. The van der Waals surface area contributed by atoms with Crippen LogP contribution in [0, 0.1) is 46.2 Å². The first kappa shape index (κ1) is 14.9. The fourth-order valence-electron chi connectivity index (χ4n) is 1.79. The fourth-order valence-corrected chi connectivity index (χ4v) is 1.79. The Morgan fingerprint density at radius 3 is 1.81 bits per heavy atom. The Hall–Kier alpha value is -2.49. The summed E-state index contributed by atoms with van der Waals surface area (Å²) < 4.78 is 79.9. The summed E-state index contributed by atoms with van der Waals surface area (Å²) in [5, 5.41) is 8.44. The SMILES string of the molecule is N#CCc1ccc(-c2c(F)c(F)c(F)c(F)c2F)cc1F. The summed E-state index contributed by atoms with van der Waals surface area (Å²) in [4.78, 5) is 0. The molecule has 0 bridgehead atoms. The van der Waals surface area contributed by atoms with Crippen molar-refractivity contribution in [1.82, 2.24) is 0 Å². The van der Waals surface area contributed by atoms with E-state index in [1.807, 2.05) is 0 Å². The van der Waals surface area contributed by atoms with Crippen molar-refractivity contribution in [3.63, 3.8) is 0 Å². The summed E-state index contributed by atoms with van der Waals surface area (Å²) in [6.45, 7) is 0. The zero-order valence-corrected chi connectivity index (χ0v) is 10.2. The molecule has 0 aliphatic heterocycles. The molecule has 0 saturated carbocycles. The molecule has 7 heteroatoms. The molecule has 2 aromatic rings. The van der Waals surface area contributed by atoms with E-state index in [0.717, 1.165) is 12.1 Å². The van der Waals surface area contributed by atoms with Gasteiger partial charge in [-0.1, -0.05) is 12.1 Å². The first-order valence-corrected chi connectivity index (χ1v) is 5.55. The Balaban J connectivity index is 2.69. The lowest BCUT2D eigenvalue weighted by atomic mass is 10.0. The molecule has 2 rings (SSSR count). The van der Waals surface area contributed by atoms with Gasteiger partial charge in [-0.25, -0.2) is 26.3 Å². The summed E-state index contributed by atoms with van der Waals surface area (Å²) in [6, 6.07) is 4.32. The first-order chi connectivity index (χ1) is 9.88. The van der Waals surface area contributed by atoms with Crippen molar-refractivity contribution in [2.75, 3.05) is 0 Å². The van der Waals surface area contributed by atoms with Crippen molar-refractivity contribution in [2.24, 2.45) is 0 Å². The second-order valence-corrected chi connectivity index (χ2v) is 4.09. The van der Waals surface area contributed by atoms with Gasteiger partial charge in [0.15, 0.2) is 23.3 Å². The van der Waals surface area contributed by atoms with E-state index in [1.165, 1.54) is 0 Å². The number of nitrogens with zero attached hydrogens (tertiary/aromatic N) is 1. The number of halogens is 6. The maximum atomic E-state index is 13.6. The summed E-state index contributed by atoms with van der Waals surface area (Å²) >= 11 is 0. The van der Waals surface area contributed by atoms with Gasteiger partial charge < -0.3 is 0 Å². The number of hydrogen-bond acceptors (Lipinski definition) is 1. The summed E-state index contributed by atoms with van der Waals surface area (Å²) in [5.74, 6) is -11.6. The smallest absolute Gasteiger partial charge is 0.200 e. The highest BCUT2D eigenvalue weighted by atomic mass is 19.2. The Bertz CT molecular complexity index is 734. The molecule has 0 aromatic heterocycles. The van der Waals surface area contributed by atoms with Crippen molar-refractivity contribution in [2.45, 2.75) is 6.42 Å². The molecule has 0 fully saturated rings. The number of benzene rings is 2. The minimum Gasteiger partial charge on any atom is -0.207 e. The van der Waals surface area contributed by atoms with Crippen LogP contribution < -0.4 is 0 Å². The zero-order valence-electron chi connectivity index (χ0n) is 10.2. The molecular formula is C14H5F6N. The van der Waals surface area contributed by atoms with Gasteiger partial charge in [0.1, 0.15) is 5.82 Å². The second kappa shape index (κ2) is 5.48. The average Bonchev–Trinajstić information content (AvgIpc) is 2.46. The van der Waals surface area contributed by atoms with Crippen LogP contribution in [0.25, 0.3) is 11.1 Å². The zero-order chi connectivity index (χ0) is 15.7. The van der Waals surface area contributed by atoms with Crippen LogP contribution >= 0.6 is 0 Å². The molecule has 21 heavy (non-hydrogen) atoms. The normalized spacial score (nSPS) is 10.5. The van der Waals surface area contributed by atoms with E-state index in [-0.39, 0.29) is 12.0 Å². The van der Waals surface area contributed by atoms with E-state index in [2.05, 4.69) is 0 Å². The third-order valence-corrected chi connectivity index (χ3v) is 2.82. The Morgan fingerprint density at radius 1 is 0.810 bits per heavy atom. The topological polar surface area (TPSA) is 23.8 Å². The van der Waals surface area contributed by atoms with E-state index >= 15 is 0 Å². The highest BCUT2D eigenvalue weighted by Crippen LogP contribution is 2.32. The number of rotatable bonds is 2. The average molecular weight is 301 g/mol. The first-order valence-electron chi connectivity index (χ1n) is 5.55. The van der Waals surface area contributed by atoms with Crippen LogP contribution in [0.15, 0.2) is 18.2 Å². The minimum absolute atomic E-state index is 0.0508. The molecule has 0 saturated heterocycles. The molecule has 2 aromatic carbocycles. The van der Waals surface area contributed by atoms with Crippen LogP contribution in [0.4, 0.5) is 26.3 Å². The van der Waals surface area contributed by atoms with Crippen molar-refractivity contribution >= 4 is 0 Å². The summed E-state index contributed by atoms with van der Waals surface area (Å²) in [5.41, 5.74) is -1.78. The predicted molar refractivity (Wildman–Crippen MR) is 60.9 cm³/mol. The molecule has 0 radical (unpaired) electrons. The van der Waals surface area contributed by atoms with Crippen molar-refractivity contribution < 1.29 is 26.3 Å². The second-order valence-electron chi connectivity index (χ2n) is 4.09. The van der Waals surface area contributed by atoms with Gasteiger partial charge in [0.2, 0.25) is 5.82 Å². The third kappa shape index (κ3) is 2.44. The van der Waals surface area contributed by atoms with Crippen molar-refractivity contribution in [1.29, 1.82) is 5.26 Å². The largest absolute Gasteiger partial charge is 0.207 e. The highest BCUT2D eigenvalue weighted by Gasteiger charge is 2.26. The van der Waals surface area contributed by atoms with Crippen molar-refractivity contribution in [3.8, 4) is 17.2 Å². The van der Waals surface area contributed by atoms with Crippen LogP contribution in [-0.4, -0.2) is 0 Å². The molecule has 0 N–H and O–H groups in total. The maximum absolute atomic E-state index is 13.6. The predicted octanol–water partition coefficient (Wildman–Crippen LogP) is 4.25. The summed E-state index contributed by atoms with van der Waals surface area (Å²) in [6.07, 6.45) is -0.288. The highest BCUT2D eigenvalue weighted by molar-refractivity contribution is 5.66. The van der Waals surface area contributed by atoms with Gasteiger partial charge in [-0.3, -0.25) is 0 Å².